The van der Waals surface area contributed by atoms with Gasteiger partial charge in [-0.25, -0.2) is 13.8 Å². The van der Waals surface area contributed by atoms with E-state index in [2.05, 4.69) is 10.3 Å². The van der Waals surface area contributed by atoms with Crippen molar-refractivity contribution in [1.82, 2.24) is 19.8 Å². The standard InChI is InChI=1S/C22H23F2N5O2/c23-22(24)6-11-28(12-7-22)21(31)17-13-16-5-10-29(19(16)27-14-17)18-3-1-15(2-4-18)20(30)26-9-8-25/h1-5,10,13-14H,6-9,11-12,25H2,(H,26,30). The number of fused-ring (bicyclic) bond motifs is 1. The first kappa shape index (κ1) is 20.9. The average molecular weight is 427 g/mol. The number of nitrogens with zero attached hydrogens (tertiary/aromatic N) is 3. The molecule has 0 unspecified atom stereocenters. The first-order valence-electron chi connectivity index (χ1n) is 10.1. The van der Waals surface area contributed by atoms with Gasteiger partial charge in [-0.05, 0) is 36.4 Å². The Labute approximate surface area is 177 Å². The summed E-state index contributed by atoms with van der Waals surface area (Å²) in [5.74, 6) is -3.17. The lowest BCUT2D eigenvalue weighted by atomic mass is 10.1. The van der Waals surface area contributed by atoms with Crippen molar-refractivity contribution in [2.45, 2.75) is 18.8 Å². The van der Waals surface area contributed by atoms with E-state index in [4.69, 9.17) is 5.73 Å². The van der Waals surface area contributed by atoms with Gasteiger partial charge in [-0.3, -0.25) is 9.59 Å². The number of likely N-dealkylation sites (tertiary alicyclic amines) is 1. The summed E-state index contributed by atoms with van der Waals surface area (Å²) in [7, 11) is 0. The molecule has 0 radical (unpaired) electrons. The van der Waals surface area contributed by atoms with Crippen LogP contribution in [-0.2, 0) is 0 Å². The zero-order valence-corrected chi connectivity index (χ0v) is 16.9. The maximum atomic E-state index is 13.4. The second kappa shape index (κ2) is 8.43. The molecular weight excluding hydrogens is 404 g/mol. The second-order valence-corrected chi connectivity index (χ2v) is 7.56. The van der Waals surface area contributed by atoms with E-state index in [-0.39, 0.29) is 37.7 Å². The molecule has 7 nitrogen and oxygen atoms in total. The lowest BCUT2D eigenvalue weighted by Crippen LogP contribution is -2.42. The van der Waals surface area contributed by atoms with Gasteiger partial charge >= 0.3 is 0 Å². The molecule has 0 saturated carbocycles. The van der Waals surface area contributed by atoms with Gasteiger partial charge in [-0.1, -0.05) is 0 Å². The monoisotopic (exact) mass is 427 g/mol. The number of nitrogens with two attached hydrogens (primary N) is 1. The predicted octanol–water partition coefficient (Wildman–Crippen LogP) is 2.59. The first-order chi connectivity index (χ1) is 14.9. The Balaban J connectivity index is 1.53. The van der Waals surface area contributed by atoms with Crippen molar-refractivity contribution in [3.05, 3.63) is 59.9 Å². The van der Waals surface area contributed by atoms with Crippen molar-refractivity contribution in [3.8, 4) is 5.69 Å². The Morgan fingerprint density at radius 3 is 2.48 bits per heavy atom. The van der Waals surface area contributed by atoms with Crippen molar-refractivity contribution < 1.29 is 18.4 Å². The van der Waals surface area contributed by atoms with Gasteiger partial charge in [0, 0.05) is 68.1 Å². The quantitative estimate of drug-likeness (QED) is 0.655. The van der Waals surface area contributed by atoms with Gasteiger partial charge in [0.05, 0.1) is 5.56 Å². The third kappa shape index (κ3) is 4.41. The van der Waals surface area contributed by atoms with Crippen LogP contribution in [0, 0.1) is 0 Å². The summed E-state index contributed by atoms with van der Waals surface area (Å²) in [6, 6.07) is 10.6. The molecule has 2 aromatic heterocycles. The van der Waals surface area contributed by atoms with Crippen molar-refractivity contribution in [3.63, 3.8) is 0 Å². The molecule has 1 aromatic carbocycles. The fraction of sp³-hybridized carbons (Fsp3) is 0.318. The van der Waals surface area contributed by atoms with Gasteiger partial charge in [-0.2, -0.15) is 0 Å². The highest BCUT2D eigenvalue weighted by Gasteiger charge is 2.35. The number of piperidine rings is 1. The van der Waals surface area contributed by atoms with Gasteiger partial charge in [0.15, 0.2) is 0 Å². The van der Waals surface area contributed by atoms with Crippen LogP contribution in [0.1, 0.15) is 33.6 Å². The number of pyridine rings is 1. The lowest BCUT2D eigenvalue weighted by Gasteiger charge is -2.31. The Bertz CT molecular complexity index is 1100. The van der Waals surface area contributed by atoms with Crippen LogP contribution in [0.25, 0.3) is 16.7 Å². The largest absolute Gasteiger partial charge is 0.351 e. The van der Waals surface area contributed by atoms with Gasteiger partial charge in [0.1, 0.15) is 5.65 Å². The minimum atomic E-state index is -2.70. The fourth-order valence-electron chi connectivity index (χ4n) is 3.63. The molecule has 3 N–H and O–H groups in total. The molecule has 4 rings (SSSR count). The third-order valence-corrected chi connectivity index (χ3v) is 5.39. The number of amides is 2. The number of nitrogens with one attached hydrogen (secondary N) is 1. The number of halogens is 2. The van der Waals surface area contributed by atoms with Crippen molar-refractivity contribution in [1.29, 1.82) is 0 Å². The van der Waals surface area contributed by atoms with E-state index in [1.807, 2.05) is 29.0 Å². The van der Waals surface area contributed by atoms with E-state index < -0.39 is 5.92 Å². The average Bonchev–Trinajstić information content (AvgIpc) is 3.20. The fourth-order valence-corrected chi connectivity index (χ4v) is 3.63. The molecule has 0 atom stereocenters. The predicted molar refractivity (Wildman–Crippen MR) is 113 cm³/mol. The smallest absolute Gasteiger partial charge is 0.255 e. The summed E-state index contributed by atoms with van der Waals surface area (Å²) in [4.78, 5) is 30.6. The molecule has 0 spiro atoms. The van der Waals surface area contributed by atoms with Crippen LogP contribution in [-0.4, -0.2) is 58.4 Å². The minimum Gasteiger partial charge on any atom is -0.351 e. The highest BCUT2D eigenvalue weighted by atomic mass is 19.3. The summed E-state index contributed by atoms with van der Waals surface area (Å²) in [5.41, 5.74) is 7.78. The number of rotatable bonds is 5. The topological polar surface area (TPSA) is 93.2 Å². The molecule has 0 bridgehead atoms. The Kier molecular flexibility index (Phi) is 5.69. The molecular formula is C22H23F2N5O2. The van der Waals surface area contributed by atoms with Crippen LogP contribution >= 0.6 is 0 Å². The molecule has 9 heteroatoms. The Morgan fingerprint density at radius 1 is 1.10 bits per heavy atom. The highest BCUT2D eigenvalue weighted by Crippen LogP contribution is 2.29. The van der Waals surface area contributed by atoms with Crippen molar-refractivity contribution in [2.24, 2.45) is 5.73 Å². The van der Waals surface area contributed by atoms with E-state index in [1.165, 1.54) is 11.1 Å². The normalized spacial score (nSPS) is 15.8. The van der Waals surface area contributed by atoms with Gasteiger partial charge in [0.25, 0.3) is 17.7 Å². The molecule has 1 aliphatic rings. The van der Waals surface area contributed by atoms with Crippen LogP contribution in [0.5, 0.6) is 0 Å². The molecule has 1 aliphatic heterocycles. The number of carbonyl (C=O) groups is 2. The van der Waals surface area contributed by atoms with Crippen LogP contribution in [0.3, 0.4) is 0 Å². The number of carbonyl (C=O) groups excluding carboxylic acids is 2. The number of hydrogen-bond acceptors (Lipinski definition) is 4. The second-order valence-electron chi connectivity index (χ2n) is 7.56. The minimum absolute atomic E-state index is 0.0378. The molecule has 0 aliphatic carbocycles. The van der Waals surface area contributed by atoms with E-state index in [9.17, 15) is 18.4 Å². The van der Waals surface area contributed by atoms with Crippen LogP contribution in [0.4, 0.5) is 8.78 Å². The molecule has 1 saturated heterocycles. The lowest BCUT2D eigenvalue weighted by molar-refractivity contribution is -0.0494. The SMILES string of the molecule is NCCNC(=O)c1ccc(-n2ccc3cc(C(=O)N4CCC(F)(F)CC4)cnc32)cc1. The van der Waals surface area contributed by atoms with E-state index >= 15 is 0 Å². The molecule has 31 heavy (non-hydrogen) atoms. The molecule has 3 aromatic rings. The van der Waals surface area contributed by atoms with Crippen LogP contribution in [0.2, 0.25) is 0 Å². The zero-order chi connectivity index (χ0) is 22.0. The van der Waals surface area contributed by atoms with E-state index in [1.54, 1.807) is 18.2 Å². The van der Waals surface area contributed by atoms with Crippen molar-refractivity contribution in [2.75, 3.05) is 26.2 Å². The van der Waals surface area contributed by atoms with E-state index in [0.29, 0.717) is 29.9 Å². The maximum absolute atomic E-state index is 13.4. The number of aromatic nitrogens is 2. The first-order valence-corrected chi connectivity index (χ1v) is 10.1. The van der Waals surface area contributed by atoms with E-state index in [0.717, 1.165) is 11.1 Å². The Morgan fingerprint density at radius 2 is 1.81 bits per heavy atom. The van der Waals surface area contributed by atoms with Gasteiger partial charge < -0.3 is 20.5 Å². The molecule has 3 heterocycles. The van der Waals surface area contributed by atoms with Crippen LogP contribution < -0.4 is 11.1 Å². The van der Waals surface area contributed by atoms with Gasteiger partial charge in [0.2, 0.25) is 0 Å². The summed E-state index contributed by atoms with van der Waals surface area (Å²) < 4.78 is 28.6. The number of alkyl halides is 2. The summed E-state index contributed by atoms with van der Waals surface area (Å²) in [5, 5.41) is 3.48. The number of hydrogen-bond donors (Lipinski definition) is 2. The van der Waals surface area contributed by atoms with Crippen molar-refractivity contribution >= 4 is 22.8 Å². The molecule has 162 valence electrons. The number of benzene rings is 1. The maximum Gasteiger partial charge on any atom is 0.255 e. The van der Waals surface area contributed by atoms with Gasteiger partial charge in [-0.15, -0.1) is 0 Å². The summed E-state index contributed by atoms with van der Waals surface area (Å²) >= 11 is 0. The zero-order valence-electron chi connectivity index (χ0n) is 16.9. The molecule has 2 amide bonds. The summed E-state index contributed by atoms with van der Waals surface area (Å²) in [6.45, 7) is 0.861. The van der Waals surface area contributed by atoms with Crippen LogP contribution in [0.15, 0.2) is 48.8 Å². The highest BCUT2D eigenvalue weighted by molar-refractivity contribution is 5.97. The third-order valence-electron chi connectivity index (χ3n) is 5.39. The molecule has 1 fully saturated rings. The Hall–Kier alpha value is -3.33. The summed E-state index contributed by atoms with van der Waals surface area (Å²) in [6.07, 6.45) is 2.68.